The molecule has 0 radical (unpaired) electrons. The lowest BCUT2D eigenvalue weighted by Crippen LogP contribution is -2.04. The van der Waals surface area contributed by atoms with Gasteiger partial charge in [-0.1, -0.05) is 0 Å². The molecule has 16 heavy (non-hydrogen) atoms. The van der Waals surface area contributed by atoms with Crippen LogP contribution in [-0.4, -0.2) is 30.4 Å². The van der Waals surface area contributed by atoms with Gasteiger partial charge in [-0.05, 0) is 19.1 Å². The minimum atomic E-state index is -0.230. The Labute approximate surface area is 103 Å². The van der Waals surface area contributed by atoms with Crippen LogP contribution in [0, 0.1) is 6.92 Å². The molecule has 1 heterocycles. The number of thiophene rings is 1. The van der Waals surface area contributed by atoms with E-state index in [1.165, 1.54) is 30.2 Å². The van der Waals surface area contributed by atoms with E-state index >= 15 is 0 Å². The number of hydrogen-bond donors (Lipinski definition) is 0. The van der Waals surface area contributed by atoms with Gasteiger partial charge in [0.1, 0.15) is 0 Å². The Morgan fingerprint density at radius 3 is 2.75 bits per heavy atom. The normalized spacial score (nSPS) is 10.1. The number of carbonyl (C=O) groups excluding carboxylic acids is 2. The van der Waals surface area contributed by atoms with Crippen molar-refractivity contribution in [2.75, 3.05) is 18.6 Å². The number of hydrogen-bond acceptors (Lipinski definition) is 5. The fourth-order valence-electron chi connectivity index (χ4n) is 1.08. The number of ketones is 1. The standard InChI is InChI=1S/C11H14O3S2/c1-8-3-4-10(16-8)9(12)7-15-6-5-11(13)14-2/h3-4H,5-7H2,1-2H3. The first-order valence-electron chi connectivity index (χ1n) is 4.87. The van der Waals surface area contributed by atoms with Crippen LogP contribution >= 0.6 is 23.1 Å². The Hall–Kier alpha value is -0.810. The number of esters is 1. The lowest BCUT2D eigenvalue weighted by Gasteiger charge is -1.99. The van der Waals surface area contributed by atoms with E-state index in [-0.39, 0.29) is 11.8 Å². The molecule has 0 fully saturated rings. The number of methoxy groups -OCH3 is 1. The largest absolute Gasteiger partial charge is 0.469 e. The summed E-state index contributed by atoms with van der Waals surface area (Å²) in [4.78, 5) is 24.4. The van der Waals surface area contributed by atoms with Crippen LogP contribution in [0.3, 0.4) is 0 Å². The Bertz CT molecular complexity index is 371. The van der Waals surface area contributed by atoms with Gasteiger partial charge in [0.15, 0.2) is 5.78 Å². The lowest BCUT2D eigenvalue weighted by molar-refractivity contribution is -0.140. The van der Waals surface area contributed by atoms with Crippen molar-refractivity contribution in [3.05, 3.63) is 21.9 Å². The third kappa shape index (κ3) is 4.37. The summed E-state index contributed by atoms with van der Waals surface area (Å²) in [6, 6.07) is 3.79. The topological polar surface area (TPSA) is 43.4 Å². The number of rotatable bonds is 6. The van der Waals surface area contributed by atoms with Crippen molar-refractivity contribution in [2.24, 2.45) is 0 Å². The van der Waals surface area contributed by atoms with Gasteiger partial charge in [0.05, 0.1) is 24.2 Å². The summed E-state index contributed by atoms with van der Waals surface area (Å²) in [6.45, 7) is 1.98. The Morgan fingerprint density at radius 1 is 1.44 bits per heavy atom. The molecular weight excluding hydrogens is 244 g/mol. The van der Waals surface area contributed by atoms with Crippen molar-refractivity contribution in [2.45, 2.75) is 13.3 Å². The second-order valence-corrected chi connectivity index (χ2v) is 5.61. The van der Waals surface area contributed by atoms with Crippen LogP contribution < -0.4 is 0 Å². The minimum Gasteiger partial charge on any atom is -0.469 e. The molecule has 0 unspecified atom stereocenters. The fraction of sp³-hybridized carbons (Fsp3) is 0.455. The number of thioether (sulfide) groups is 1. The highest BCUT2D eigenvalue weighted by atomic mass is 32.2. The fourth-order valence-corrected chi connectivity index (χ4v) is 2.77. The summed E-state index contributed by atoms with van der Waals surface area (Å²) < 4.78 is 4.51. The Kier molecular flexibility index (Phi) is 5.55. The maximum Gasteiger partial charge on any atom is 0.306 e. The molecule has 1 rings (SSSR count). The summed E-state index contributed by atoms with van der Waals surface area (Å²) in [6.07, 6.45) is 0.359. The SMILES string of the molecule is COC(=O)CCSCC(=O)c1ccc(C)s1. The zero-order valence-corrected chi connectivity index (χ0v) is 11.0. The van der Waals surface area contributed by atoms with Crippen LogP contribution in [-0.2, 0) is 9.53 Å². The van der Waals surface area contributed by atoms with Crippen molar-refractivity contribution < 1.29 is 14.3 Å². The molecule has 88 valence electrons. The van der Waals surface area contributed by atoms with Crippen molar-refractivity contribution in [1.82, 2.24) is 0 Å². The highest BCUT2D eigenvalue weighted by Crippen LogP contribution is 2.17. The highest BCUT2D eigenvalue weighted by molar-refractivity contribution is 8.00. The van der Waals surface area contributed by atoms with Gasteiger partial charge in [-0.25, -0.2) is 0 Å². The van der Waals surface area contributed by atoms with Crippen molar-refractivity contribution >= 4 is 34.9 Å². The first kappa shape index (κ1) is 13.3. The molecule has 3 nitrogen and oxygen atoms in total. The number of Topliss-reactive ketones (excluding diaryl/α,β-unsaturated/α-hetero) is 1. The molecule has 0 amide bonds. The van der Waals surface area contributed by atoms with Crippen molar-refractivity contribution in [3.63, 3.8) is 0 Å². The predicted octanol–water partition coefficient (Wildman–Crippen LogP) is 2.54. The van der Waals surface area contributed by atoms with Crippen LogP contribution in [0.2, 0.25) is 0 Å². The first-order chi connectivity index (χ1) is 7.63. The van der Waals surface area contributed by atoms with Gasteiger partial charge in [0, 0.05) is 10.6 Å². The molecule has 0 aliphatic rings. The Balaban J connectivity index is 2.23. The monoisotopic (exact) mass is 258 g/mol. The summed E-state index contributed by atoms with van der Waals surface area (Å²) in [5.41, 5.74) is 0. The summed E-state index contributed by atoms with van der Waals surface area (Å²) in [5.74, 6) is 0.958. The van der Waals surface area contributed by atoms with E-state index in [0.29, 0.717) is 17.9 Å². The van der Waals surface area contributed by atoms with E-state index in [2.05, 4.69) is 4.74 Å². The predicted molar refractivity (Wildman–Crippen MR) is 67.3 cm³/mol. The molecule has 0 saturated heterocycles. The average Bonchev–Trinajstić information content (AvgIpc) is 2.70. The van der Waals surface area contributed by atoms with E-state index in [1.54, 1.807) is 0 Å². The third-order valence-corrected chi connectivity index (χ3v) is 3.93. The van der Waals surface area contributed by atoms with Crippen LogP contribution in [0.1, 0.15) is 21.0 Å². The Morgan fingerprint density at radius 2 is 2.19 bits per heavy atom. The van der Waals surface area contributed by atoms with Gasteiger partial charge in [-0.15, -0.1) is 11.3 Å². The summed E-state index contributed by atoms with van der Waals surface area (Å²) >= 11 is 2.98. The third-order valence-electron chi connectivity index (χ3n) is 1.93. The number of carbonyl (C=O) groups is 2. The molecule has 0 bridgehead atoms. The van der Waals surface area contributed by atoms with E-state index in [4.69, 9.17) is 0 Å². The second-order valence-electron chi connectivity index (χ2n) is 3.21. The van der Waals surface area contributed by atoms with E-state index < -0.39 is 0 Å². The van der Waals surface area contributed by atoms with Crippen molar-refractivity contribution in [3.8, 4) is 0 Å². The number of aryl methyl sites for hydroxylation is 1. The molecule has 1 aromatic rings. The van der Waals surface area contributed by atoms with Crippen LogP contribution in [0.5, 0.6) is 0 Å². The average molecular weight is 258 g/mol. The molecule has 1 aromatic heterocycles. The molecule has 0 aliphatic heterocycles. The molecule has 5 heteroatoms. The quantitative estimate of drug-likeness (QED) is 0.447. The van der Waals surface area contributed by atoms with Crippen molar-refractivity contribution in [1.29, 1.82) is 0 Å². The molecule has 0 aliphatic carbocycles. The van der Waals surface area contributed by atoms with Crippen LogP contribution in [0.15, 0.2) is 12.1 Å². The molecular formula is C11H14O3S2. The molecule has 0 aromatic carbocycles. The summed E-state index contributed by atoms with van der Waals surface area (Å²) in [7, 11) is 1.37. The zero-order valence-electron chi connectivity index (χ0n) is 9.32. The second kappa shape index (κ2) is 6.70. The van der Waals surface area contributed by atoms with Gasteiger partial charge in [-0.2, -0.15) is 11.8 Å². The van der Waals surface area contributed by atoms with Gasteiger partial charge in [0.2, 0.25) is 0 Å². The van der Waals surface area contributed by atoms with Gasteiger partial charge in [-0.3, -0.25) is 9.59 Å². The van der Waals surface area contributed by atoms with E-state index in [9.17, 15) is 9.59 Å². The first-order valence-corrected chi connectivity index (χ1v) is 6.85. The van der Waals surface area contributed by atoms with Crippen LogP contribution in [0.25, 0.3) is 0 Å². The van der Waals surface area contributed by atoms with E-state index in [0.717, 1.165) is 9.75 Å². The highest BCUT2D eigenvalue weighted by Gasteiger charge is 2.08. The smallest absolute Gasteiger partial charge is 0.306 e. The molecule has 0 atom stereocenters. The van der Waals surface area contributed by atoms with Gasteiger partial charge >= 0.3 is 5.97 Å². The minimum absolute atomic E-state index is 0.132. The number of ether oxygens (including phenoxy) is 1. The van der Waals surface area contributed by atoms with Crippen LogP contribution in [0.4, 0.5) is 0 Å². The maximum absolute atomic E-state index is 11.6. The zero-order chi connectivity index (χ0) is 12.0. The molecule has 0 N–H and O–H groups in total. The van der Waals surface area contributed by atoms with Gasteiger partial charge < -0.3 is 4.74 Å². The summed E-state index contributed by atoms with van der Waals surface area (Å²) in [5, 5.41) is 0. The molecule has 0 spiro atoms. The molecule has 0 saturated carbocycles. The lowest BCUT2D eigenvalue weighted by atomic mass is 10.3. The van der Waals surface area contributed by atoms with E-state index in [1.807, 2.05) is 19.1 Å². The van der Waals surface area contributed by atoms with Gasteiger partial charge in [0.25, 0.3) is 0 Å². The maximum atomic E-state index is 11.6.